The summed E-state index contributed by atoms with van der Waals surface area (Å²) in [5.41, 5.74) is 0. The highest BCUT2D eigenvalue weighted by atomic mass is 16.5. The Bertz CT molecular complexity index is 240. The molecule has 0 aromatic carbocycles. The van der Waals surface area contributed by atoms with Gasteiger partial charge in [-0.15, -0.1) is 0 Å². The fourth-order valence-electron chi connectivity index (χ4n) is 1.34. The van der Waals surface area contributed by atoms with Gasteiger partial charge in [0.2, 0.25) is 5.89 Å². The van der Waals surface area contributed by atoms with E-state index in [-0.39, 0.29) is 0 Å². The Hall–Kier alpha value is -0.900. The van der Waals surface area contributed by atoms with Gasteiger partial charge in [0, 0.05) is 6.54 Å². The van der Waals surface area contributed by atoms with Gasteiger partial charge < -0.3 is 9.84 Å². The Morgan fingerprint density at radius 2 is 2.55 bits per heavy atom. The van der Waals surface area contributed by atoms with E-state index in [1.807, 2.05) is 6.92 Å². The molecule has 1 aromatic heterocycles. The van der Waals surface area contributed by atoms with Crippen LogP contribution in [0.4, 0.5) is 0 Å². The van der Waals surface area contributed by atoms with Crippen molar-refractivity contribution in [2.75, 3.05) is 13.1 Å². The number of aryl methyl sites for hydroxylation is 1. The quantitative estimate of drug-likeness (QED) is 0.636. The van der Waals surface area contributed by atoms with E-state index in [0.717, 1.165) is 31.2 Å². The summed E-state index contributed by atoms with van der Waals surface area (Å²) in [5, 5.41) is 7.00. The molecule has 1 aliphatic heterocycles. The highest BCUT2D eigenvalue weighted by molar-refractivity contribution is 4.96. The predicted molar refractivity (Wildman–Crippen MR) is 39.3 cm³/mol. The summed E-state index contributed by atoms with van der Waals surface area (Å²) < 4.78 is 5.05. The van der Waals surface area contributed by atoms with Gasteiger partial charge in [0.1, 0.15) is 0 Å². The van der Waals surface area contributed by atoms with Crippen molar-refractivity contribution in [1.29, 1.82) is 0 Å². The van der Waals surface area contributed by atoms with E-state index >= 15 is 0 Å². The third-order valence-electron chi connectivity index (χ3n) is 1.95. The zero-order valence-electron chi connectivity index (χ0n) is 6.50. The monoisotopic (exact) mass is 153 g/mol. The first kappa shape index (κ1) is 6.79. The lowest BCUT2D eigenvalue weighted by Crippen LogP contribution is -2.08. The SMILES string of the molecule is Cc1noc([C@@H]2CCNC2)n1. The van der Waals surface area contributed by atoms with Crippen LogP contribution in [0.1, 0.15) is 24.1 Å². The van der Waals surface area contributed by atoms with Gasteiger partial charge in [-0.05, 0) is 19.9 Å². The lowest BCUT2D eigenvalue weighted by Gasteiger charge is -1.97. The van der Waals surface area contributed by atoms with Crippen LogP contribution in [0, 0.1) is 6.92 Å². The molecule has 0 spiro atoms. The van der Waals surface area contributed by atoms with Gasteiger partial charge in [0.05, 0.1) is 5.92 Å². The van der Waals surface area contributed by atoms with Crippen molar-refractivity contribution in [3.63, 3.8) is 0 Å². The van der Waals surface area contributed by atoms with E-state index in [1.54, 1.807) is 0 Å². The molecule has 11 heavy (non-hydrogen) atoms. The molecule has 0 bridgehead atoms. The Balaban J connectivity index is 2.15. The van der Waals surface area contributed by atoms with Crippen LogP contribution in [0.2, 0.25) is 0 Å². The summed E-state index contributed by atoms with van der Waals surface area (Å²) in [4.78, 5) is 4.17. The van der Waals surface area contributed by atoms with Crippen LogP contribution in [0.25, 0.3) is 0 Å². The van der Waals surface area contributed by atoms with Gasteiger partial charge in [-0.3, -0.25) is 0 Å². The van der Waals surface area contributed by atoms with E-state index in [9.17, 15) is 0 Å². The minimum atomic E-state index is 0.441. The lowest BCUT2D eigenvalue weighted by atomic mass is 10.1. The molecule has 1 aliphatic rings. The summed E-state index contributed by atoms with van der Waals surface area (Å²) in [6.07, 6.45) is 1.11. The molecular formula is C7H11N3O. The van der Waals surface area contributed by atoms with E-state index in [2.05, 4.69) is 15.5 Å². The maximum atomic E-state index is 5.05. The highest BCUT2D eigenvalue weighted by Crippen LogP contribution is 2.19. The number of nitrogens with zero attached hydrogens (tertiary/aromatic N) is 2. The van der Waals surface area contributed by atoms with Crippen LogP contribution >= 0.6 is 0 Å². The largest absolute Gasteiger partial charge is 0.339 e. The van der Waals surface area contributed by atoms with Gasteiger partial charge in [-0.2, -0.15) is 4.98 Å². The average Bonchev–Trinajstić information content (AvgIpc) is 2.55. The van der Waals surface area contributed by atoms with Gasteiger partial charge in [-0.1, -0.05) is 5.16 Å². The molecule has 4 nitrogen and oxygen atoms in total. The Morgan fingerprint density at radius 3 is 3.09 bits per heavy atom. The fraction of sp³-hybridized carbons (Fsp3) is 0.714. The molecule has 1 N–H and O–H groups in total. The van der Waals surface area contributed by atoms with Crippen LogP contribution in [0.15, 0.2) is 4.52 Å². The maximum Gasteiger partial charge on any atom is 0.231 e. The van der Waals surface area contributed by atoms with Gasteiger partial charge in [0.25, 0.3) is 0 Å². The summed E-state index contributed by atoms with van der Waals surface area (Å²) in [6, 6.07) is 0. The molecule has 2 heterocycles. The van der Waals surface area contributed by atoms with E-state index in [1.165, 1.54) is 0 Å². The molecule has 2 rings (SSSR count). The lowest BCUT2D eigenvalue weighted by molar-refractivity contribution is 0.356. The topological polar surface area (TPSA) is 51.0 Å². The van der Waals surface area contributed by atoms with Crippen molar-refractivity contribution >= 4 is 0 Å². The molecule has 60 valence electrons. The molecular weight excluding hydrogens is 142 g/mol. The smallest absolute Gasteiger partial charge is 0.231 e. The second-order valence-electron chi connectivity index (χ2n) is 2.87. The van der Waals surface area contributed by atoms with Crippen molar-refractivity contribution < 1.29 is 4.52 Å². The molecule has 1 saturated heterocycles. The maximum absolute atomic E-state index is 5.05. The number of hydrogen-bond donors (Lipinski definition) is 1. The van der Waals surface area contributed by atoms with Crippen molar-refractivity contribution in [3.8, 4) is 0 Å². The average molecular weight is 153 g/mol. The van der Waals surface area contributed by atoms with E-state index < -0.39 is 0 Å². The molecule has 0 amide bonds. The zero-order chi connectivity index (χ0) is 7.68. The van der Waals surface area contributed by atoms with Gasteiger partial charge >= 0.3 is 0 Å². The molecule has 0 unspecified atom stereocenters. The molecule has 0 saturated carbocycles. The Morgan fingerprint density at radius 1 is 1.64 bits per heavy atom. The summed E-state index contributed by atoms with van der Waals surface area (Å²) in [6.45, 7) is 3.88. The Kier molecular flexibility index (Phi) is 1.62. The van der Waals surface area contributed by atoms with Crippen molar-refractivity contribution in [1.82, 2.24) is 15.5 Å². The van der Waals surface area contributed by atoms with E-state index in [0.29, 0.717) is 5.92 Å². The van der Waals surface area contributed by atoms with Crippen molar-refractivity contribution in [3.05, 3.63) is 11.7 Å². The van der Waals surface area contributed by atoms with E-state index in [4.69, 9.17) is 4.52 Å². The molecule has 0 aliphatic carbocycles. The zero-order valence-corrected chi connectivity index (χ0v) is 6.50. The standard InChI is InChI=1S/C7H11N3O/c1-5-9-7(11-10-5)6-2-3-8-4-6/h6,8H,2-4H2,1H3/t6-/m1/s1. The molecule has 1 atom stereocenters. The number of hydrogen-bond acceptors (Lipinski definition) is 4. The first-order valence-electron chi connectivity index (χ1n) is 3.87. The van der Waals surface area contributed by atoms with Crippen molar-refractivity contribution in [2.45, 2.75) is 19.3 Å². The van der Waals surface area contributed by atoms with Gasteiger partial charge in [-0.25, -0.2) is 0 Å². The number of rotatable bonds is 1. The van der Waals surface area contributed by atoms with Crippen LogP contribution in [-0.4, -0.2) is 23.2 Å². The van der Waals surface area contributed by atoms with Crippen LogP contribution < -0.4 is 5.32 Å². The second kappa shape index (κ2) is 2.62. The predicted octanol–water partition coefficient (Wildman–Crippen LogP) is 0.455. The molecule has 0 radical (unpaired) electrons. The minimum absolute atomic E-state index is 0.441. The first-order chi connectivity index (χ1) is 5.36. The van der Waals surface area contributed by atoms with Crippen LogP contribution in [0.3, 0.4) is 0 Å². The van der Waals surface area contributed by atoms with Crippen molar-refractivity contribution in [2.24, 2.45) is 0 Å². The summed E-state index contributed by atoms with van der Waals surface area (Å²) >= 11 is 0. The van der Waals surface area contributed by atoms with Crippen LogP contribution in [-0.2, 0) is 0 Å². The third-order valence-corrected chi connectivity index (χ3v) is 1.95. The molecule has 4 heteroatoms. The third kappa shape index (κ3) is 1.26. The number of aromatic nitrogens is 2. The first-order valence-corrected chi connectivity index (χ1v) is 3.87. The molecule has 1 fully saturated rings. The Labute approximate surface area is 65.0 Å². The summed E-state index contributed by atoms with van der Waals surface area (Å²) in [7, 11) is 0. The minimum Gasteiger partial charge on any atom is -0.339 e. The number of nitrogens with one attached hydrogen (secondary N) is 1. The fourth-order valence-corrected chi connectivity index (χ4v) is 1.34. The van der Waals surface area contributed by atoms with Gasteiger partial charge in [0.15, 0.2) is 5.82 Å². The summed E-state index contributed by atoms with van der Waals surface area (Å²) in [5.74, 6) is 1.95. The normalized spacial score (nSPS) is 24.3. The molecule has 1 aromatic rings. The second-order valence-corrected chi connectivity index (χ2v) is 2.87. The highest BCUT2D eigenvalue weighted by Gasteiger charge is 2.21. The van der Waals surface area contributed by atoms with Crippen LogP contribution in [0.5, 0.6) is 0 Å².